The molecular formula is C29H50O4. The van der Waals surface area contributed by atoms with Crippen LogP contribution < -0.4 is 0 Å². The third-order valence-corrected chi connectivity index (χ3v) is 5.91. The summed E-state index contributed by atoms with van der Waals surface area (Å²) in [6.07, 6.45) is 28.3. The number of carbonyl (C=O) groups is 3. The summed E-state index contributed by atoms with van der Waals surface area (Å²) in [6.45, 7) is 4.35. The van der Waals surface area contributed by atoms with Gasteiger partial charge in [0.05, 0.1) is 5.92 Å². The topological polar surface area (TPSA) is 60.4 Å². The van der Waals surface area contributed by atoms with Crippen molar-refractivity contribution in [3.8, 4) is 0 Å². The molecule has 0 rings (SSSR count). The maximum atomic E-state index is 12.4. The molecule has 0 amide bonds. The molecule has 0 aliphatic carbocycles. The second kappa shape index (κ2) is 24.9. The van der Waals surface area contributed by atoms with Crippen LogP contribution in [0.4, 0.5) is 0 Å². The first-order valence-corrected chi connectivity index (χ1v) is 13.6. The first-order valence-electron chi connectivity index (χ1n) is 13.6. The average Bonchev–Trinajstić information content (AvgIpc) is 2.80. The van der Waals surface area contributed by atoms with Crippen molar-refractivity contribution in [2.45, 2.75) is 136 Å². The Hall–Kier alpha value is -1.71. The minimum absolute atomic E-state index is 0.259. The van der Waals surface area contributed by atoms with E-state index in [9.17, 15) is 14.4 Å². The normalized spacial score (nSPS) is 12.4. The smallest absolute Gasteiger partial charge is 0.316 e. The molecule has 0 bridgehead atoms. The number of unbranched alkanes of at least 4 members (excludes halogenated alkanes) is 11. The molecule has 4 heteroatoms. The zero-order chi connectivity index (χ0) is 24.4. The Balaban J connectivity index is 3.80. The van der Waals surface area contributed by atoms with Gasteiger partial charge >= 0.3 is 11.9 Å². The lowest BCUT2D eigenvalue weighted by atomic mass is 9.95. The van der Waals surface area contributed by atoms with Crippen LogP contribution in [0, 0.1) is 5.92 Å². The Bertz CT molecular complexity index is 536. The van der Waals surface area contributed by atoms with Gasteiger partial charge in [0.1, 0.15) is 6.29 Å². The number of rotatable bonds is 23. The number of ether oxygens (including phenoxy) is 1. The molecule has 0 aromatic carbocycles. The highest BCUT2D eigenvalue weighted by molar-refractivity contribution is 5.86. The van der Waals surface area contributed by atoms with Crippen LogP contribution in [0.15, 0.2) is 24.3 Å². The van der Waals surface area contributed by atoms with Crippen molar-refractivity contribution in [1.82, 2.24) is 0 Å². The van der Waals surface area contributed by atoms with Crippen molar-refractivity contribution in [3.05, 3.63) is 24.3 Å². The maximum Gasteiger partial charge on any atom is 0.316 e. The lowest BCUT2D eigenvalue weighted by molar-refractivity contribution is -0.163. The van der Waals surface area contributed by atoms with Crippen molar-refractivity contribution >= 4 is 18.2 Å². The first-order chi connectivity index (χ1) is 16.2. The fourth-order valence-corrected chi connectivity index (χ4v) is 3.80. The molecule has 0 aliphatic heterocycles. The fraction of sp³-hybridized carbons (Fsp3) is 0.759. The quantitative estimate of drug-likeness (QED) is 0.0502. The van der Waals surface area contributed by atoms with E-state index in [0.717, 1.165) is 64.1 Å². The van der Waals surface area contributed by atoms with Crippen LogP contribution in [0.3, 0.4) is 0 Å². The molecule has 0 saturated carbocycles. The molecule has 190 valence electrons. The second-order valence-electron chi connectivity index (χ2n) is 9.06. The molecule has 33 heavy (non-hydrogen) atoms. The van der Waals surface area contributed by atoms with Gasteiger partial charge in [-0.05, 0) is 57.8 Å². The summed E-state index contributed by atoms with van der Waals surface area (Å²) in [5.41, 5.74) is 0. The molecule has 0 heterocycles. The Morgan fingerprint density at radius 2 is 1.24 bits per heavy atom. The van der Waals surface area contributed by atoms with Crippen LogP contribution in [-0.4, -0.2) is 18.2 Å². The van der Waals surface area contributed by atoms with Crippen LogP contribution >= 0.6 is 0 Å². The molecule has 0 saturated heterocycles. The summed E-state index contributed by atoms with van der Waals surface area (Å²) >= 11 is 0. The van der Waals surface area contributed by atoms with Crippen molar-refractivity contribution in [3.63, 3.8) is 0 Å². The summed E-state index contributed by atoms with van der Waals surface area (Å²) in [7, 11) is 0. The molecule has 0 aliphatic rings. The van der Waals surface area contributed by atoms with E-state index < -0.39 is 11.9 Å². The molecule has 0 radical (unpaired) electrons. The van der Waals surface area contributed by atoms with Crippen LogP contribution in [-0.2, 0) is 19.1 Å². The van der Waals surface area contributed by atoms with E-state index in [-0.39, 0.29) is 5.92 Å². The largest absolute Gasteiger partial charge is 0.393 e. The van der Waals surface area contributed by atoms with Gasteiger partial charge in [-0.15, -0.1) is 0 Å². The Morgan fingerprint density at radius 1 is 0.667 bits per heavy atom. The van der Waals surface area contributed by atoms with Crippen molar-refractivity contribution in [1.29, 1.82) is 0 Å². The molecule has 0 aromatic heterocycles. The highest BCUT2D eigenvalue weighted by atomic mass is 16.6. The number of carbonyl (C=O) groups excluding carboxylic acids is 3. The van der Waals surface area contributed by atoms with Gasteiger partial charge in [-0.3, -0.25) is 9.59 Å². The molecule has 0 N–H and O–H groups in total. The lowest BCUT2D eigenvalue weighted by Crippen LogP contribution is -2.21. The van der Waals surface area contributed by atoms with Crippen LogP contribution in [0.25, 0.3) is 0 Å². The van der Waals surface area contributed by atoms with Gasteiger partial charge in [-0.1, -0.05) is 89.5 Å². The minimum Gasteiger partial charge on any atom is -0.393 e. The van der Waals surface area contributed by atoms with E-state index in [1.54, 1.807) is 0 Å². The summed E-state index contributed by atoms with van der Waals surface area (Å²) in [4.78, 5) is 34.9. The van der Waals surface area contributed by atoms with Gasteiger partial charge in [0.25, 0.3) is 0 Å². The Morgan fingerprint density at radius 3 is 1.91 bits per heavy atom. The van der Waals surface area contributed by atoms with Gasteiger partial charge in [-0.2, -0.15) is 0 Å². The van der Waals surface area contributed by atoms with E-state index in [4.69, 9.17) is 4.74 Å². The molecule has 0 fully saturated rings. The van der Waals surface area contributed by atoms with Crippen LogP contribution in [0.2, 0.25) is 0 Å². The lowest BCUT2D eigenvalue weighted by Gasteiger charge is -2.14. The first kappa shape index (κ1) is 31.3. The molecule has 4 nitrogen and oxygen atoms in total. The molecular weight excluding hydrogens is 412 g/mol. The van der Waals surface area contributed by atoms with E-state index in [2.05, 4.69) is 38.2 Å². The molecule has 0 spiro atoms. The number of aldehydes is 1. The SMILES string of the molecule is CCCCCC=CCC=CCCCCCCCC(=O)OC(=O)C(CCCC=O)CCCCC. The predicted octanol–water partition coefficient (Wildman–Crippen LogP) is 8.44. The monoisotopic (exact) mass is 462 g/mol. The summed E-state index contributed by atoms with van der Waals surface area (Å²) < 4.78 is 5.11. The highest BCUT2D eigenvalue weighted by Crippen LogP contribution is 2.19. The van der Waals surface area contributed by atoms with E-state index in [0.29, 0.717) is 25.7 Å². The summed E-state index contributed by atoms with van der Waals surface area (Å²) in [5, 5.41) is 0. The van der Waals surface area contributed by atoms with Crippen molar-refractivity contribution in [2.75, 3.05) is 0 Å². The van der Waals surface area contributed by atoms with Crippen molar-refractivity contribution in [2.24, 2.45) is 5.92 Å². The van der Waals surface area contributed by atoms with Crippen LogP contribution in [0.5, 0.6) is 0 Å². The fourth-order valence-electron chi connectivity index (χ4n) is 3.80. The van der Waals surface area contributed by atoms with Gasteiger partial charge in [-0.25, -0.2) is 0 Å². The van der Waals surface area contributed by atoms with Crippen LogP contribution in [0.1, 0.15) is 136 Å². The number of allylic oxidation sites excluding steroid dienone is 4. The minimum atomic E-state index is -0.401. The predicted molar refractivity (Wildman–Crippen MR) is 138 cm³/mol. The Labute approximate surface area is 203 Å². The zero-order valence-corrected chi connectivity index (χ0v) is 21.5. The zero-order valence-electron chi connectivity index (χ0n) is 21.5. The van der Waals surface area contributed by atoms with E-state index in [1.807, 2.05) is 0 Å². The Kier molecular flexibility index (Phi) is 23.6. The third-order valence-electron chi connectivity index (χ3n) is 5.91. The summed E-state index contributed by atoms with van der Waals surface area (Å²) in [6, 6.07) is 0. The van der Waals surface area contributed by atoms with Gasteiger partial charge in [0, 0.05) is 12.8 Å². The highest BCUT2D eigenvalue weighted by Gasteiger charge is 2.21. The standard InChI is InChI=1S/C29H50O4/c1-3-5-7-8-9-10-11-12-13-14-15-16-17-18-20-25-28(31)33-29(32)27(23-19-6-4-2)24-21-22-26-30/h9-10,12-13,26-27H,3-8,11,14-25H2,1-2H3. The van der Waals surface area contributed by atoms with E-state index >= 15 is 0 Å². The summed E-state index contributed by atoms with van der Waals surface area (Å²) in [5.74, 6) is -1.06. The number of hydrogen-bond acceptors (Lipinski definition) is 4. The maximum absolute atomic E-state index is 12.4. The third kappa shape index (κ3) is 21.9. The molecule has 1 atom stereocenters. The van der Waals surface area contributed by atoms with Crippen molar-refractivity contribution < 1.29 is 19.1 Å². The number of hydrogen-bond donors (Lipinski definition) is 0. The molecule has 1 unspecified atom stereocenters. The second-order valence-corrected chi connectivity index (χ2v) is 9.06. The average molecular weight is 463 g/mol. The van der Waals surface area contributed by atoms with Gasteiger partial charge < -0.3 is 9.53 Å². The van der Waals surface area contributed by atoms with Gasteiger partial charge in [0.15, 0.2) is 0 Å². The number of esters is 2. The van der Waals surface area contributed by atoms with Gasteiger partial charge in [0.2, 0.25) is 0 Å². The molecule has 0 aromatic rings. The van der Waals surface area contributed by atoms with E-state index in [1.165, 1.54) is 38.5 Å².